The summed E-state index contributed by atoms with van der Waals surface area (Å²) in [6.45, 7) is 3.00. The highest BCUT2D eigenvalue weighted by Crippen LogP contribution is 2.21. The molecule has 0 aliphatic rings. The average Bonchev–Trinajstić information content (AvgIpc) is 2.20. The number of halogens is 1. The summed E-state index contributed by atoms with van der Waals surface area (Å²) >= 11 is 5.86. The quantitative estimate of drug-likeness (QED) is 0.600. The number of anilines is 1. The van der Waals surface area contributed by atoms with Crippen molar-refractivity contribution in [1.29, 1.82) is 0 Å². The van der Waals surface area contributed by atoms with Crippen LogP contribution in [0.15, 0.2) is 35.6 Å². The molecule has 0 radical (unpaired) electrons. The van der Waals surface area contributed by atoms with E-state index in [0.717, 1.165) is 0 Å². The van der Waals surface area contributed by atoms with E-state index in [1.807, 2.05) is 0 Å². The van der Waals surface area contributed by atoms with Gasteiger partial charge in [0.05, 0.1) is 22.0 Å². The minimum absolute atomic E-state index is 0.000413. The van der Waals surface area contributed by atoms with Crippen molar-refractivity contribution in [2.24, 2.45) is 0 Å². The summed E-state index contributed by atoms with van der Waals surface area (Å²) in [5.74, 6) is -0.359. The molecule has 15 heavy (non-hydrogen) atoms. The fourth-order valence-corrected chi connectivity index (χ4v) is 1.13. The van der Waals surface area contributed by atoms with Crippen molar-refractivity contribution in [3.8, 4) is 0 Å². The van der Waals surface area contributed by atoms with Crippen molar-refractivity contribution in [2.75, 3.05) is 5.32 Å². The summed E-state index contributed by atoms with van der Waals surface area (Å²) in [6.07, 6.45) is 0. The molecule has 0 bridgehead atoms. The van der Waals surface area contributed by atoms with Gasteiger partial charge in [0.2, 0.25) is 0 Å². The molecule has 0 atom stereocenters. The normalized spacial score (nSPS) is 11.9. The summed E-state index contributed by atoms with van der Waals surface area (Å²) in [6, 6.07) is 6.92. The van der Waals surface area contributed by atoms with E-state index in [1.54, 1.807) is 31.2 Å². The SMILES string of the molecule is C/C(O)=C(\C)C(=O)Nc1ccccc1Cl. The molecule has 3 nitrogen and oxygen atoms in total. The van der Waals surface area contributed by atoms with E-state index in [0.29, 0.717) is 10.7 Å². The van der Waals surface area contributed by atoms with Gasteiger partial charge in [-0.25, -0.2) is 0 Å². The Balaban J connectivity index is 2.85. The lowest BCUT2D eigenvalue weighted by Crippen LogP contribution is -2.14. The molecule has 80 valence electrons. The van der Waals surface area contributed by atoms with Crippen LogP contribution in [0.25, 0.3) is 0 Å². The van der Waals surface area contributed by atoms with Crippen LogP contribution in [0.1, 0.15) is 13.8 Å². The molecule has 4 heteroatoms. The van der Waals surface area contributed by atoms with Crippen LogP contribution in [0, 0.1) is 0 Å². The van der Waals surface area contributed by atoms with Gasteiger partial charge in [0.15, 0.2) is 0 Å². The molecule has 0 spiro atoms. The number of carbonyl (C=O) groups excluding carboxylic acids is 1. The van der Waals surface area contributed by atoms with Crippen molar-refractivity contribution in [2.45, 2.75) is 13.8 Å². The fraction of sp³-hybridized carbons (Fsp3) is 0.182. The lowest BCUT2D eigenvalue weighted by atomic mass is 10.2. The molecule has 0 fully saturated rings. The fourth-order valence-electron chi connectivity index (χ4n) is 0.943. The van der Waals surface area contributed by atoms with E-state index in [2.05, 4.69) is 5.32 Å². The van der Waals surface area contributed by atoms with Gasteiger partial charge < -0.3 is 10.4 Å². The first kappa shape index (κ1) is 11.6. The highest BCUT2D eigenvalue weighted by molar-refractivity contribution is 6.33. The highest BCUT2D eigenvalue weighted by atomic mass is 35.5. The third-order valence-corrected chi connectivity index (χ3v) is 2.33. The second-order valence-corrected chi connectivity index (χ2v) is 3.55. The van der Waals surface area contributed by atoms with Crippen LogP contribution >= 0.6 is 11.6 Å². The van der Waals surface area contributed by atoms with Gasteiger partial charge in [-0.2, -0.15) is 0 Å². The van der Waals surface area contributed by atoms with E-state index in [9.17, 15) is 4.79 Å². The van der Waals surface area contributed by atoms with E-state index in [4.69, 9.17) is 16.7 Å². The van der Waals surface area contributed by atoms with Crippen molar-refractivity contribution in [3.05, 3.63) is 40.6 Å². The second kappa shape index (κ2) is 4.84. The van der Waals surface area contributed by atoms with Crippen LogP contribution < -0.4 is 5.32 Å². The Morgan fingerprint density at radius 1 is 1.33 bits per heavy atom. The van der Waals surface area contributed by atoms with Crippen LogP contribution in [0.3, 0.4) is 0 Å². The molecule has 0 saturated heterocycles. The van der Waals surface area contributed by atoms with Gasteiger partial charge >= 0.3 is 0 Å². The Morgan fingerprint density at radius 2 is 1.93 bits per heavy atom. The standard InChI is InChI=1S/C11H12ClNO2/c1-7(8(2)14)11(15)13-10-6-4-3-5-9(10)12/h3-6,14H,1-2H3,(H,13,15)/b8-7-. The van der Waals surface area contributed by atoms with E-state index in [-0.39, 0.29) is 17.2 Å². The maximum atomic E-state index is 11.5. The number of nitrogens with one attached hydrogen (secondary N) is 1. The summed E-state index contributed by atoms with van der Waals surface area (Å²) in [4.78, 5) is 11.5. The highest BCUT2D eigenvalue weighted by Gasteiger charge is 2.09. The number of hydrogen-bond donors (Lipinski definition) is 2. The van der Waals surface area contributed by atoms with Gasteiger partial charge in [-0.1, -0.05) is 23.7 Å². The van der Waals surface area contributed by atoms with Crippen LogP contribution in [0.5, 0.6) is 0 Å². The zero-order valence-corrected chi connectivity index (χ0v) is 9.30. The average molecular weight is 226 g/mol. The largest absolute Gasteiger partial charge is 0.512 e. The molecule has 0 aliphatic carbocycles. The first-order valence-electron chi connectivity index (χ1n) is 4.44. The predicted molar refractivity (Wildman–Crippen MR) is 61.1 cm³/mol. The molecule has 2 N–H and O–H groups in total. The van der Waals surface area contributed by atoms with Gasteiger partial charge in [-0.3, -0.25) is 4.79 Å². The van der Waals surface area contributed by atoms with Crippen LogP contribution in [0.2, 0.25) is 5.02 Å². The van der Waals surface area contributed by atoms with Gasteiger partial charge in [-0.15, -0.1) is 0 Å². The minimum Gasteiger partial charge on any atom is -0.512 e. The molecule has 0 unspecified atom stereocenters. The molecule has 1 aromatic rings. The number of carbonyl (C=O) groups is 1. The van der Waals surface area contributed by atoms with Crippen LogP contribution in [-0.2, 0) is 4.79 Å². The number of aliphatic hydroxyl groups is 1. The maximum absolute atomic E-state index is 11.5. The number of hydrogen-bond acceptors (Lipinski definition) is 2. The van der Waals surface area contributed by atoms with E-state index < -0.39 is 0 Å². The first-order valence-corrected chi connectivity index (χ1v) is 4.82. The monoisotopic (exact) mass is 225 g/mol. The summed E-state index contributed by atoms with van der Waals surface area (Å²) < 4.78 is 0. The van der Waals surface area contributed by atoms with Crippen molar-refractivity contribution >= 4 is 23.2 Å². The van der Waals surface area contributed by atoms with Gasteiger partial charge in [0.1, 0.15) is 0 Å². The topological polar surface area (TPSA) is 49.3 Å². The van der Waals surface area contributed by atoms with E-state index >= 15 is 0 Å². The molecule has 1 aromatic carbocycles. The molecular formula is C11H12ClNO2. The Labute approximate surface area is 93.4 Å². The van der Waals surface area contributed by atoms with Gasteiger partial charge in [-0.05, 0) is 26.0 Å². The molecule has 1 rings (SSSR count). The number of benzene rings is 1. The second-order valence-electron chi connectivity index (χ2n) is 3.14. The van der Waals surface area contributed by atoms with Crippen molar-refractivity contribution in [1.82, 2.24) is 0 Å². The number of allylic oxidation sites excluding steroid dienone is 1. The van der Waals surface area contributed by atoms with Gasteiger partial charge in [0.25, 0.3) is 5.91 Å². The van der Waals surface area contributed by atoms with Crippen LogP contribution in [0.4, 0.5) is 5.69 Å². The molecular weight excluding hydrogens is 214 g/mol. The van der Waals surface area contributed by atoms with Crippen molar-refractivity contribution < 1.29 is 9.90 Å². The lowest BCUT2D eigenvalue weighted by Gasteiger charge is -2.07. The summed E-state index contributed by atoms with van der Waals surface area (Å²) in [5, 5.41) is 12.2. The Bertz CT molecular complexity index is 409. The van der Waals surface area contributed by atoms with Crippen molar-refractivity contribution in [3.63, 3.8) is 0 Å². The first-order chi connectivity index (χ1) is 7.02. The Kier molecular flexibility index (Phi) is 3.74. The molecule has 0 aromatic heterocycles. The summed E-state index contributed by atoms with van der Waals surface area (Å²) in [5.41, 5.74) is 0.805. The zero-order chi connectivity index (χ0) is 11.4. The molecule has 0 saturated carbocycles. The molecule has 1 amide bonds. The minimum atomic E-state index is -0.358. The predicted octanol–water partition coefficient (Wildman–Crippen LogP) is 3.13. The summed E-state index contributed by atoms with van der Waals surface area (Å²) in [7, 11) is 0. The molecule has 0 aliphatic heterocycles. The third-order valence-electron chi connectivity index (χ3n) is 2.01. The Morgan fingerprint density at radius 3 is 2.47 bits per heavy atom. The van der Waals surface area contributed by atoms with Crippen LogP contribution in [-0.4, -0.2) is 11.0 Å². The number of amides is 1. The third kappa shape index (κ3) is 2.99. The van der Waals surface area contributed by atoms with Gasteiger partial charge in [0, 0.05) is 0 Å². The number of rotatable bonds is 2. The maximum Gasteiger partial charge on any atom is 0.254 e. The smallest absolute Gasteiger partial charge is 0.254 e. The lowest BCUT2D eigenvalue weighted by molar-refractivity contribution is -0.113. The number of aliphatic hydroxyl groups excluding tert-OH is 1. The zero-order valence-electron chi connectivity index (χ0n) is 8.54. The van der Waals surface area contributed by atoms with E-state index in [1.165, 1.54) is 6.92 Å². The molecule has 0 heterocycles. The Hall–Kier alpha value is -1.48. The number of para-hydroxylation sites is 1.